The van der Waals surface area contributed by atoms with Gasteiger partial charge in [0.05, 0.1) is 5.02 Å². The highest BCUT2D eigenvalue weighted by Gasteiger charge is 2.03. The van der Waals surface area contributed by atoms with Crippen LogP contribution in [-0.2, 0) is 13.1 Å². The van der Waals surface area contributed by atoms with Gasteiger partial charge in [-0.25, -0.2) is 4.39 Å². The fourth-order valence-electron chi connectivity index (χ4n) is 1.85. The largest absolute Gasteiger partial charge is 0.508 e. The van der Waals surface area contributed by atoms with Crippen LogP contribution in [0, 0.1) is 12.7 Å². The van der Waals surface area contributed by atoms with E-state index in [1.54, 1.807) is 18.2 Å². The van der Waals surface area contributed by atoms with Gasteiger partial charge >= 0.3 is 0 Å². The Bertz CT molecular complexity index is 586. The van der Waals surface area contributed by atoms with Gasteiger partial charge in [-0.3, -0.25) is 0 Å². The van der Waals surface area contributed by atoms with E-state index in [4.69, 9.17) is 11.6 Å². The van der Waals surface area contributed by atoms with Gasteiger partial charge < -0.3 is 10.4 Å². The van der Waals surface area contributed by atoms with Gasteiger partial charge in [-0.15, -0.1) is 0 Å². The molecule has 0 bridgehead atoms. The standard InChI is InChI=1S/C15H15ClFNO/c1-10-2-5-15(19)12(6-10)9-18-8-11-3-4-14(17)13(16)7-11/h2-7,18-19H,8-9H2,1H3. The number of hydrogen-bond acceptors (Lipinski definition) is 2. The van der Waals surface area contributed by atoms with E-state index in [0.29, 0.717) is 13.1 Å². The zero-order valence-electron chi connectivity index (χ0n) is 10.6. The van der Waals surface area contributed by atoms with E-state index in [1.807, 2.05) is 19.1 Å². The summed E-state index contributed by atoms with van der Waals surface area (Å²) in [4.78, 5) is 0. The Hall–Kier alpha value is -1.58. The third kappa shape index (κ3) is 3.69. The molecule has 0 unspecified atom stereocenters. The van der Waals surface area contributed by atoms with Crippen molar-refractivity contribution in [2.45, 2.75) is 20.0 Å². The van der Waals surface area contributed by atoms with Crippen LogP contribution in [0.4, 0.5) is 4.39 Å². The molecule has 2 N–H and O–H groups in total. The summed E-state index contributed by atoms with van der Waals surface area (Å²) in [7, 11) is 0. The minimum Gasteiger partial charge on any atom is -0.508 e. The van der Waals surface area contributed by atoms with Crippen molar-refractivity contribution in [2.24, 2.45) is 0 Å². The summed E-state index contributed by atoms with van der Waals surface area (Å²) in [5.74, 6) is -0.142. The lowest BCUT2D eigenvalue weighted by Crippen LogP contribution is -2.13. The molecular formula is C15H15ClFNO. The lowest BCUT2D eigenvalue weighted by atomic mass is 10.1. The minimum absolute atomic E-state index is 0.123. The molecule has 0 atom stereocenters. The Morgan fingerprint density at radius 2 is 1.95 bits per heavy atom. The van der Waals surface area contributed by atoms with Crippen molar-refractivity contribution in [1.29, 1.82) is 0 Å². The summed E-state index contributed by atoms with van der Waals surface area (Å²) in [5.41, 5.74) is 2.84. The van der Waals surface area contributed by atoms with E-state index < -0.39 is 5.82 Å². The summed E-state index contributed by atoms with van der Waals surface area (Å²) in [5, 5.41) is 13.0. The minimum atomic E-state index is -0.415. The number of halogens is 2. The third-order valence-corrected chi connectivity index (χ3v) is 3.15. The van der Waals surface area contributed by atoms with E-state index in [-0.39, 0.29) is 10.8 Å². The number of phenols is 1. The Labute approximate surface area is 116 Å². The Morgan fingerprint density at radius 1 is 1.16 bits per heavy atom. The maximum atomic E-state index is 13.0. The van der Waals surface area contributed by atoms with Crippen LogP contribution in [0.2, 0.25) is 5.02 Å². The van der Waals surface area contributed by atoms with Crippen LogP contribution in [0.25, 0.3) is 0 Å². The lowest BCUT2D eigenvalue weighted by molar-refractivity contribution is 0.464. The molecule has 4 heteroatoms. The molecule has 0 heterocycles. The second kappa shape index (κ2) is 6.04. The van der Waals surface area contributed by atoms with Gasteiger partial charge in [0.25, 0.3) is 0 Å². The van der Waals surface area contributed by atoms with Crippen molar-refractivity contribution in [2.75, 3.05) is 0 Å². The molecule has 2 rings (SSSR count). The molecular weight excluding hydrogens is 265 g/mol. The van der Waals surface area contributed by atoms with Gasteiger partial charge in [0.1, 0.15) is 11.6 Å². The van der Waals surface area contributed by atoms with Crippen molar-refractivity contribution < 1.29 is 9.50 Å². The first kappa shape index (κ1) is 13.8. The van der Waals surface area contributed by atoms with Crippen molar-refractivity contribution in [3.63, 3.8) is 0 Å². The summed E-state index contributed by atoms with van der Waals surface area (Å²) in [6.45, 7) is 3.08. The van der Waals surface area contributed by atoms with Crippen molar-refractivity contribution in [3.05, 3.63) is 63.9 Å². The fraction of sp³-hybridized carbons (Fsp3) is 0.200. The van der Waals surface area contributed by atoms with Gasteiger partial charge in [0, 0.05) is 18.7 Å². The molecule has 19 heavy (non-hydrogen) atoms. The molecule has 2 aromatic rings. The number of phenolic OH excluding ortho intramolecular Hbond substituents is 1. The van der Waals surface area contributed by atoms with Crippen molar-refractivity contribution in [3.8, 4) is 5.75 Å². The van der Waals surface area contributed by atoms with Crippen LogP contribution in [0.5, 0.6) is 5.75 Å². The predicted octanol–water partition coefficient (Wildman–Crippen LogP) is 3.78. The highest BCUT2D eigenvalue weighted by Crippen LogP contribution is 2.19. The van der Waals surface area contributed by atoms with Gasteiger partial charge in [-0.1, -0.05) is 35.4 Å². The average Bonchev–Trinajstić information content (AvgIpc) is 2.38. The zero-order valence-corrected chi connectivity index (χ0v) is 11.3. The van der Waals surface area contributed by atoms with Crippen LogP contribution in [0.1, 0.15) is 16.7 Å². The van der Waals surface area contributed by atoms with Crippen LogP contribution < -0.4 is 5.32 Å². The second-order valence-corrected chi connectivity index (χ2v) is 4.89. The Balaban J connectivity index is 1.96. The Morgan fingerprint density at radius 3 is 2.68 bits per heavy atom. The molecule has 2 nitrogen and oxygen atoms in total. The molecule has 0 saturated heterocycles. The average molecular weight is 280 g/mol. The first-order valence-corrected chi connectivity index (χ1v) is 6.37. The number of aromatic hydroxyl groups is 1. The maximum absolute atomic E-state index is 13.0. The smallest absolute Gasteiger partial charge is 0.141 e. The van der Waals surface area contributed by atoms with Crippen LogP contribution in [0.15, 0.2) is 36.4 Å². The van der Waals surface area contributed by atoms with Crippen molar-refractivity contribution in [1.82, 2.24) is 5.32 Å². The van der Waals surface area contributed by atoms with Gasteiger partial charge in [-0.05, 0) is 30.7 Å². The van der Waals surface area contributed by atoms with E-state index in [2.05, 4.69) is 5.32 Å². The molecule has 0 radical (unpaired) electrons. The molecule has 0 amide bonds. The first-order valence-electron chi connectivity index (χ1n) is 5.99. The summed E-state index contributed by atoms with van der Waals surface area (Å²) in [6, 6.07) is 10.1. The highest BCUT2D eigenvalue weighted by molar-refractivity contribution is 6.30. The molecule has 0 aliphatic carbocycles. The van der Waals surface area contributed by atoms with E-state index >= 15 is 0 Å². The molecule has 0 aromatic heterocycles. The normalized spacial score (nSPS) is 10.7. The van der Waals surface area contributed by atoms with Crippen LogP contribution in [-0.4, -0.2) is 5.11 Å². The van der Waals surface area contributed by atoms with E-state index in [1.165, 1.54) is 6.07 Å². The quantitative estimate of drug-likeness (QED) is 0.893. The zero-order chi connectivity index (χ0) is 13.8. The van der Waals surface area contributed by atoms with Gasteiger partial charge in [-0.2, -0.15) is 0 Å². The molecule has 0 aliphatic heterocycles. The monoisotopic (exact) mass is 279 g/mol. The van der Waals surface area contributed by atoms with Gasteiger partial charge in [0.2, 0.25) is 0 Å². The summed E-state index contributed by atoms with van der Waals surface area (Å²) < 4.78 is 13.0. The Kier molecular flexibility index (Phi) is 4.40. The molecule has 0 aliphatic rings. The highest BCUT2D eigenvalue weighted by atomic mass is 35.5. The van der Waals surface area contributed by atoms with Crippen LogP contribution >= 0.6 is 11.6 Å². The SMILES string of the molecule is Cc1ccc(O)c(CNCc2ccc(F)c(Cl)c2)c1. The van der Waals surface area contributed by atoms with E-state index in [9.17, 15) is 9.50 Å². The number of nitrogens with one attached hydrogen (secondary N) is 1. The first-order chi connectivity index (χ1) is 9.06. The molecule has 0 saturated carbocycles. The maximum Gasteiger partial charge on any atom is 0.141 e. The van der Waals surface area contributed by atoms with E-state index in [0.717, 1.165) is 16.7 Å². The van der Waals surface area contributed by atoms with Crippen molar-refractivity contribution >= 4 is 11.6 Å². The summed E-state index contributed by atoms with van der Waals surface area (Å²) in [6.07, 6.45) is 0. The second-order valence-electron chi connectivity index (χ2n) is 4.48. The summed E-state index contributed by atoms with van der Waals surface area (Å²) >= 11 is 5.71. The third-order valence-electron chi connectivity index (χ3n) is 2.86. The van der Waals surface area contributed by atoms with Gasteiger partial charge in [0.15, 0.2) is 0 Å². The van der Waals surface area contributed by atoms with Crippen LogP contribution in [0.3, 0.4) is 0 Å². The lowest BCUT2D eigenvalue weighted by Gasteiger charge is -2.08. The number of aryl methyl sites for hydroxylation is 1. The molecule has 100 valence electrons. The molecule has 2 aromatic carbocycles. The fourth-order valence-corrected chi connectivity index (χ4v) is 2.05. The number of benzene rings is 2. The molecule has 0 spiro atoms. The predicted molar refractivity (Wildman–Crippen MR) is 74.8 cm³/mol. The number of rotatable bonds is 4. The topological polar surface area (TPSA) is 32.3 Å². The molecule has 0 fully saturated rings. The number of hydrogen-bond donors (Lipinski definition) is 2.